The average Bonchev–Trinajstić information content (AvgIpc) is 3.18. The molecule has 2 aromatic rings. The number of hydrogen-bond donors (Lipinski definition) is 1. The van der Waals surface area contributed by atoms with E-state index in [9.17, 15) is 4.39 Å². The van der Waals surface area contributed by atoms with E-state index < -0.39 is 0 Å². The van der Waals surface area contributed by atoms with Crippen LogP contribution in [0.2, 0.25) is 5.02 Å². The fraction of sp³-hybridized carbons (Fsp3) is 0.438. The molecule has 1 aliphatic rings. The zero-order valence-corrected chi connectivity index (χ0v) is 13.0. The maximum absolute atomic E-state index is 14.2. The molecule has 1 aromatic carbocycles. The number of aromatic nitrogens is 2. The largest absolute Gasteiger partial charge is 0.310 e. The van der Waals surface area contributed by atoms with Crippen molar-refractivity contribution >= 4 is 11.6 Å². The van der Waals surface area contributed by atoms with Crippen LogP contribution in [-0.4, -0.2) is 15.8 Å². The van der Waals surface area contributed by atoms with Crippen LogP contribution in [0.15, 0.2) is 24.4 Å². The summed E-state index contributed by atoms with van der Waals surface area (Å²) >= 11 is 6.18. The highest BCUT2D eigenvalue weighted by Crippen LogP contribution is 2.43. The van der Waals surface area contributed by atoms with Gasteiger partial charge in [0, 0.05) is 24.1 Å². The molecule has 0 atom stereocenters. The number of hydrogen-bond acceptors (Lipinski definition) is 2. The van der Waals surface area contributed by atoms with Crippen molar-refractivity contribution in [3.05, 3.63) is 46.5 Å². The molecule has 1 heterocycles. The number of benzene rings is 1. The Morgan fingerprint density at radius 1 is 1.43 bits per heavy atom. The lowest BCUT2D eigenvalue weighted by molar-refractivity contribution is 0.584. The molecule has 1 aromatic heterocycles. The van der Waals surface area contributed by atoms with Crippen molar-refractivity contribution in [3.63, 3.8) is 0 Å². The highest BCUT2D eigenvalue weighted by molar-refractivity contribution is 6.32. The van der Waals surface area contributed by atoms with Crippen LogP contribution in [0.3, 0.4) is 0 Å². The van der Waals surface area contributed by atoms with Crippen LogP contribution in [0.4, 0.5) is 4.39 Å². The van der Waals surface area contributed by atoms with Crippen molar-refractivity contribution in [2.75, 3.05) is 0 Å². The van der Waals surface area contributed by atoms with Gasteiger partial charge in [0.2, 0.25) is 0 Å². The lowest BCUT2D eigenvalue weighted by atomic mass is 10.1. The van der Waals surface area contributed by atoms with Gasteiger partial charge in [0.25, 0.3) is 0 Å². The molecule has 0 unspecified atom stereocenters. The van der Waals surface area contributed by atoms with E-state index in [1.165, 1.54) is 6.07 Å². The van der Waals surface area contributed by atoms with Crippen LogP contribution in [0.5, 0.6) is 0 Å². The summed E-state index contributed by atoms with van der Waals surface area (Å²) in [6.45, 7) is 4.96. The molecule has 0 radical (unpaired) electrons. The third-order valence-corrected chi connectivity index (χ3v) is 4.01. The number of para-hydroxylation sites is 1. The van der Waals surface area contributed by atoms with Crippen molar-refractivity contribution in [2.24, 2.45) is 0 Å². The molecular weight excluding hydrogens is 289 g/mol. The Balaban J connectivity index is 2.03. The van der Waals surface area contributed by atoms with Crippen molar-refractivity contribution in [1.29, 1.82) is 0 Å². The molecule has 112 valence electrons. The highest BCUT2D eigenvalue weighted by atomic mass is 35.5. The fourth-order valence-corrected chi connectivity index (χ4v) is 2.75. The Morgan fingerprint density at radius 2 is 2.19 bits per heavy atom. The number of nitrogens with zero attached hydrogens (tertiary/aromatic N) is 2. The summed E-state index contributed by atoms with van der Waals surface area (Å²) in [6, 6.07) is 5.14. The highest BCUT2D eigenvalue weighted by Gasteiger charge is 2.31. The predicted octanol–water partition coefficient (Wildman–Crippen LogP) is 4.04. The molecule has 1 N–H and O–H groups in total. The zero-order valence-electron chi connectivity index (χ0n) is 12.2. The van der Waals surface area contributed by atoms with E-state index in [4.69, 9.17) is 11.6 Å². The van der Waals surface area contributed by atoms with Gasteiger partial charge in [-0.2, -0.15) is 5.10 Å². The summed E-state index contributed by atoms with van der Waals surface area (Å²) in [5.41, 5.74) is 2.58. The predicted molar refractivity (Wildman–Crippen MR) is 82.5 cm³/mol. The molecule has 3 rings (SSSR count). The van der Waals surface area contributed by atoms with Crippen LogP contribution >= 0.6 is 11.6 Å². The van der Waals surface area contributed by atoms with E-state index in [1.807, 2.05) is 6.20 Å². The summed E-state index contributed by atoms with van der Waals surface area (Å²) in [6.07, 6.45) is 4.09. The first-order chi connectivity index (χ1) is 10.1. The smallest absolute Gasteiger partial charge is 0.150 e. The first kappa shape index (κ1) is 14.5. The second kappa shape index (κ2) is 5.78. The second-order valence-electron chi connectivity index (χ2n) is 5.85. The second-order valence-corrected chi connectivity index (χ2v) is 6.25. The van der Waals surface area contributed by atoms with Gasteiger partial charge in [-0.05, 0) is 25.0 Å². The molecular formula is C16H19ClFN3. The topological polar surface area (TPSA) is 29.9 Å². The minimum Gasteiger partial charge on any atom is -0.310 e. The normalized spacial score (nSPS) is 14.9. The molecule has 1 aliphatic carbocycles. The summed E-state index contributed by atoms with van der Waals surface area (Å²) in [5.74, 6) is 0.128. The van der Waals surface area contributed by atoms with Crippen molar-refractivity contribution in [3.8, 4) is 5.69 Å². The lowest BCUT2D eigenvalue weighted by Gasteiger charge is -2.12. The van der Waals surface area contributed by atoms with Crippen molar-refractivity contribution in [1.82, 2.24) is 15.1 Å². The van der Waals surface area contributed by atoms with E-state index in [2.05, 4.69) is 24.3 Å². The Hall–Kier alpha value is -1.39. The van der Waals surface area contributed by atoms with Gasteiger partial charge in [-0.1, -0.05) is 31.5 Å². The van der Waals surface area contributed by atoms with Gasteiger partial charge in [0.05, 0.1) is 16.9 Å². The SMILES string of the molecule is CC(C)NCc1cnn(-c2c(F)cccc2Cl)c1C1CC1. The number of rotatable bonds is 5. The Kier molecular flexibility index (Phi) is 4.00. The van der Waals surface area contributed by atoms with E-state index in [0.717, 1.165) is 30.6 Å². The van der Waals surface area contributed by atoms with E-state index in [0.29, 0.717) is 22.7 Å². The minimum atomic E-state index is -0.337. The quantitative estimate of drug-likeness (QED) is 0.903. The van der Waals surface area contributed by atoms with Crippen LogP contribution in [0.1, 0.15) is 43.9 Å². The summed E-state index contributed by atoms with van der Waals surface area (Å²) < 4.78 is 15.8. The minimum absolute atomic E-state index is 0.337. The summed E-state index contributed by atoms with van der Waals surface area (Å²) in [5, 5.41) is 8.19. The number of halogens is 2. The van der Waals surface area contributed by atoms with Gasteiger partial charge in [0.15, 0.2) is 0 Å². The van der Waals surface area contributed by atoms with Crippen LogP contribution in [0.25, 0.3) is 5.69 Å². The van der Waals surface area contributed by atoms with Gasteiger partial charge in [-0.3, -0.25) is 0 Å². The molecule has 1 saturated carbocycles. The molecule has 0 saturated heterocycles. The van der Waals surface area contributed by atoms with Gasteiger partial charge < -0.3 is 5.32 Å². The van der Waals surface area contributed by atoms with E-state index in [-0.39, 0.29) is 5.82 Å². The van der Waals surface area contributed by atoms with E-state index >= 15 is 0 Å². The molecule has 3 nitrogen and oxygen atoms in total. The molecule has 5 heteroatoms. The lowest BCUT2D eigenvalue weighted by Crippen LogP contribution is -2.22. The first-order valence-corrected chi connectivity index (χ1v) is 7.70. The molecule has 1 fully saturated rings. The Bertz CT molecular complexity index is 627. The third-order valence-electron chi connectivity index (χ3n) is 3.70. The fourth-order valence-electron chi connectivity index (χ4n) is 2.50. The maximum Gasteiger partial charge on any atom is 0.150 e. The average molecular weight is 308 g/mol. The standard InChI is InChI=1S/C16H19ClFN3/c1-10(2)19-8-12-9-20-21(15(12)11-6-7-11)16-13(17)4-3-5-14(16)18/h3-5,9-11,19H,6-8H2,1-2H3. The zero-order chi connectivity index (χ0) is 15.0. The Labute approximate surface area is 129 Å². The van der Waals surface area contributed by atoms with Crippen LogP contribution in [-0.2, 0) is 6.54 Å². The maximum atomic E-state index is 14.2. The van der Waals surface area contributed by atoms with Crippen molar-refractivity contribution < 1.29 is 4.39 Å². The Morgan fingerprint density at radius 3 is 2.81 bits per heavy atom. The molecule has 0 bridgehead atoms. The molecule has 0 aliphatic heterocycles. The molecule has 21 heavy (non-hydrogen) atoms. The first-order valence-electron chi connectivity index (χ1n) is 7.32. The van der Waals surface area contributed by atoms with Gasteiger partial charge in [-0.15, -0.1) is 0 Å². The summed E-state index contributed by atoms with van der Waals surface area (Å²) in [4.78, 5) is 0. The summed E-state index contributed by atoms with van der Waals surface area (Å²) in [7, 11) is 0. The van der Waals surface area contributed by atoms with Crippen molar-refractivity contribution in [2.45, 2.75) is 45.2 Å². The van der Waals surface area contributed by atoms with Gasteiger partial charge in [0.1, 0.15) is 11.5 Å². The molecule has 0 amide bonds. The van der Waals surface area contributed by atoms with Gasteiger partial charge >= 0.3 is 0 Å². The van der Waals surface area contributed by atoms with Crippen LogP contribution < -0.4 is 5.32 Å². The number of nitrogens with one attached hydrogen (secondary N) is 1. The van der Waals surface area contributed by atoms with Crippen LogP contribution in [0, 0.1) is 5.82 Å². The monoisotopic (exact) mass is 307 g/mol. The van der Waals surface area contributed by atoms with E-state index in [1.54, 1.807) is 16.8 Å². The third kappa shape index (κ3) is 2.97. The molecule has 0 spiro atoms. The van der Waals surface area contributed by atoms with Gasteiger partial charge in [-0.25, -0.2) is 9.07 Å².